The fourth-order valence-electron chi connectivity index (χ4n) is 2.37. The van der Waals surface area contributed by atoms with Crippen LogP contribution in [0, 0.1) is 15.9 Å². The summed E-state index contributed by atoms with van der Waals surface area (Å²) in [4.78, 5) is 24.0. The van der Waals surface area contributed by atoms with E-state index in [0.29, 0.717) is 10.0 Å². The Hall–Kier alpha value is -2.07. The van der Waals surface area contributed by atoms with Crippen LogP contribution in [-0.2, 0) is 11.3 Å². The third-order valence-corrected chi connectivity index (χ3v) is 4.43. The second-order valence-electron chi connectivity index (χ2n) is 5.64. The molecule has 0 aromatic heterocycles. The van der Waals surface area contributed by atoms with Gasteiger partial charge in [-0.15, -0.1) is 0 Å². The molecule has 2 N–H and O–H groups in total. The summed E-state index contributed by atoms with van der Waals surface area (Å²) in [5.74, 6) is -0.866. The van der Waals surface area contributed by atoms with Crippen LogP contribution in [-0.4, -0.2) is 40.5 Å². The lowest BCUT2D eigenvalue weighted by atomic mass is 10.2. The number of aliphatic hydroxyl groups excluding tert-OH is 1. The van der Waals surface area contributed by atoms with Crippen molar-refractivity contribution in [3.63, 3.8) is 0 Å². The number of hydrogen-bond acceptors (Lipinski definition) is 5. The minimum absolute atomic E-state index is 0.0318. The molecule has 27 heavy (non-hydrogen) atoms. The highest BCUT2D eigenvalue weighted by Gasteiger charge is 2.16. The number of nitro benzene ring substituents is 1. The Balaban J connectivity index is 2.06. The van der Waals surface area contributed by atoms with Gasteiger partial charge in [-0.3, -0.25) is 19.8 Å². The molecular weight excluding hydrogens is 445 g/mol. The van der Waals surface area contributed by atoms with E-state index < -0.39 is 16.6 Å². The third kappa shape index (κ3) is 6.24. The van der Waals surface area contributed by atoms with E-state index in [4.69, 9.17) is 11.6 Å². The molecule has 0 aliphatic carbocycles. The van der Waals surface area contributed by atoms with Gasteiger partial charge < -0.3 is 10.4 Å². The fraction of sp³-hybridized carbons (Fsp3) is 0.235. The number of anilines is 1. The summed E-state index contributed by atoms with van der Waals surface area (Å²) in [5.41, 5.74) is 0.411. The Labute approximate surface area is 168 Å². The Morgan fingerprint density at radius 3 is 2.70 bits per heavy atom. The molecule has 0 bridgehead atoms. The molecular formula is C17H16BrClFN3O4. The lowest BCUT2D eigenvalue weighted by Crippen LogP contribution is -2.35. The van der Waals surface area contributed by atoms with Gasteiger partial charge in [0.05, 0.1) is 28.8 Å². The van der Waals surface area contributed by atoms with Gasteiger partial charge in [0.15, 0.2) is 0 Å². The van der Waals surface area contributed by atoms with E-state index >= 15 is 0 Å². The van der Waals surface area contributed by atoms with Gasteiger partial charge in [-0.2, -0.15) is 0 Å². The van der Waals surface area contributed by atoms with Crippen molar-refractivity contribution < 1.29 is 19.2 Å². The van der Waals surface area contributed by atoms with Crippen LogP contribution < -0.4 is 5.32 Å². The summed E-state index contributed by atoms with van der Waals surface area (Å²) < 4.78 is 14.6. The summed E-state index contributed by atoms with van der Waals surface area (Å²) in [7, 11) is 0. The van der Waals surface area contributed by atoms with E-state index in [2.05, 4.69) is 21.2 Å². The van der Waals surface area contributed by atoms with Crippen LogP contribution in [0.15, 0.2) is 40.9 Å². The number of aliphatic hydroxyl groups is 1. The maximum absolute atomic E-state index is 13.9. The van der Waals surface area contributed by atoms with Crippen LogP contribution in [0.25, 0.3) is 0 Å². The van der Waals surface area contributed by atoms with Crippen molar-refractivity contribution in [3.05, 3.63) is 67.4 Å². The second-order valence-corrected chi connectivity index (χ2v) is 6.96. The third-order valence-electron chi connectivity index (χ3n) is 3.62. The summed E-state index contributed by atoms with van der Waals surface area (Å²) in [6.45, 7) is -0.0539. The van der Waals surface area contributed by atoms with Crippen LogP contribution in [0.3, 0.4) is 0 Å². The molecule has 0 fully saturated rings. The van der Waals surface area contributed by atoms with Gasteiger partial charge in [0.1, 0.15) is 5.82 Å². The van der Waals surface area contributed by atoms with Crippen LogP contribution in [0.1, 0.15) is 5.56 Å². The van der Waals surface area contributed by atoms with Gasteiger partial charge in [0.25, 0.3) is 5.69 Å². The molecule has 1 amide bonds. The molecule has 0 spiro atoms. The first-order valence-corrected chi connectivity index (χ1v) is 8.98. The molecule has 2 aromatic rings. The van der Waals surface area contributed by atoms with E-state index in [0.717, 1.165) is 6.07 Å². The van der Waals surface area contributed by atoms with Crippen molar-refractivity contribution in [2.24, 2.45) is 0 Å². The van der Waals surface area contributed by atoms with Crippen LogP contribution in [0.4, 0.5) is 15.8 Å². The first-order chi connectivity index (χ1) is 12.8. The molecule has 0 atom stereocenters. The monoisotopic (exact) mass is 459 g/mol. The Bertz CT molecular complexity index is 853. The normalized spacial score (nSPS) is 10.9. The van der Waals surface area contributed by atoms with E-state index in [-0.39, 0.29) is 42.6 Å². The largest absolute Gasteiger partial charge is 0.395 e. The topological polar surface area (TPSA) is 95.7 Å². The maximum Gasteiger partial charge on any atom is 0.271 e. The van der Waals surface area contributed by atoms with Gasteiger partial charge in [-0.05, 0) is 24.3 Å². The number of benzene rings is 2. The van der Waals surface area contributed by atoms with Crippen molar-refractivity contribution in [3.8, 4) is 0 Å². The zero-order valence-corrected chi connectivity index (χ0v) is 16.3. The Kier molecular flexibility index (Phi) is 7.66. The van der Waals surface area contributed by atoms with Crippen LogP contribution in [0.5, 0.6) is 0 Å². The standard InChI is InChI=1S/C17H16BrClFN3O4/c18-12-1-3-15(20)11(7-12)9-22(5-6-24)10-17(25)21-16-4-2-13(23(26)27)8-14(16)19/h1-4,7-8,24H,5-6,9-10H2,(H,21,25). The number of amides is 1. The summed E-state index contributed by atoms with van der Waals surface area (Å²) in [6, 6.07) is 8.18. The lowest BCUT2D eigenvalue weighted by Gasteiger charge is -2.21. The number of nitrogens with zero attached hydrogens (tertiary/aromatic N) is 2. The number of nitrogens with one attached hydrogen (secondary N) is 1. The Morgan fingerprint density at radius 1 is 1.33 bits per heavy atom. The van der Waals surface area contributed by atoms with Gasteiger partial charge in [-0.25, -0.2) is 4.39 Å². The molecule has 10 heteroatoms. The molecule has 0 aliphatic heterocycles. The lowest BCUT2D eigenvalue weighted by molar-refractivity contribution is -0.384. The SMILES string of the molecule is O=C(CN(CCO)Cc1cc(Br)ccc1F)Nc1ccc([N+](=O)[O-])cc1Cl. The summed E-state index contributed by atoms with van der Waals surface area (Å²) >= 11 is 9.22. The summed E-state index contributed by atoms with van der Waals surface area (Å²) in [6.07, 6.45) is 0. The molecule has 0 saturated heterocycles. The molecule has 0 unspecified atom stereocenters. The molecule has 0 heterocycles. The molecule has 144 valence electrons. The second kappa shape index (κ2) is 9.75. The number of halogens is 3. The van der Waals surface area contributed by atoms with E-state index in [1.807, 2.05) is 0 Å². The average molecular weight is 461 g/mol. The minimum atomic E-state index is -0.590. The van der Waals surface area contributed by atoms with Crippen LogP contribution >= 0.6 is 27.5 Å². The van der Waals surface area contributed by atoms with E-state index in [1.54, 1.807) is 17.0 Å². The zero-order valence-electron chi connectivity index (χ0n) is 14.0. The van der Waals surface area contributed by atoms with Crippen molar-refractivity contribution in [1.29, 1.82) is 0 Å². The smallest absolute Gasteiger partial charge is 0.271 e. The minimum Gasteiger partial charge on any atom is -0.395 e. The Morgan fingerprint density at radius 2 is 2.07 bits per heavy atom. The fourth-order valence-corrected chi connectivity index (χ4v) is 3.00. The highest BCUT2D eigenvalue weighted by atomic mass is 79.9. The first kappa shape index (κ1) is 21.2. The predicted octanol–water partition coefficient (Wildman–Crippen LogP) is 3.58. The van der Waals surface area contributed by atoms with E-state index in [1.165, 1.54) is 18.2 Å². The highest BCUT2D eigenvalue weighted by Crippen LogP contribution is 2.26. The number of non-ortho nitro benzene ring substituents is 1. The van der Waals surface area contributed by atoms with Crippen LogP contribution in [0.2, 0.25) is 5.02 Å². The highest BCUT2D eigenvalue weighted by molar-refractivity contribution is 9.10. The molecule has 2 rings (SSSR count). The van der Waals surface area contributed by atoms with Crippen molar-refractivity contribution in [2.75, 3.05) is 25.0 Å². The molecule has 2 aromatic carbocycles. The van der Waals surface area contributed by atoms with Crippen molar-refractivity contribution in [2.45, 2.75) is 6.54 Å². The molecule has 0 saturated carbocycles. The molecule has 0 aliphatic rings. The molecule has 7 nitrogen and oxygen atoms in total. The van der Waals surface area contributed by atoms with Gasteiger partial charge in [0, 0.05) is 35.3 Å². The maximum atomic E-state index is 13.9. The van der Waals surface area contributed by atoms with Crippen molar-refractivity contribution in [1.82, 2.24) is 4.90 Å². The number of rotatable bonds is 8. The van der Waals surface area contributed by atoms with Gasteiger partial charge in [-0.1, -0.05) is 27.5 Å². The number of carbonyl (C=O) groups is 1. The quantitative estimate of drug-likeness (QED) is 0.464. The number of hydrogen-bond donors (Lipinski definition) is 2. The van der Waals surface area contributed by atoms with Crippen molar-refractivity contribution >= 4 is 44.8 Å². The average Bonchev–Trinajstić information content (AvgIpc) is 2.60. The van der Waals surface area contributed by atoms with Gasteiger partial charge in [0.2, 0.25) is 5.91 Å². The molecule has 0 radical (unpaired) electrons. The summed E-state index contributed by atoms with van der Waals surface area (Å²) in [5, 5.41) is 22.5. The van der Waals surface area contributed by atoms with Gasteiger partial charge >= 0.3 is 0 Å². The number of carbonyl (C=O) groups excluding carboxylic acids is 1. The first-order valence-electron chi connectivity index (χ1n) is 7.81. The number of nitro groups is 1. The van der Waals surface area contributed by atoms with E-state index in [9.17, 15) is 24.4 Å². The zero-order chi connectivity index (χ0) is 20.0. The predicted molar refractivity (Wildman–Crippen MR) is 103 cm³/mol.